The Labute approximate surface area is 91.8 Å². The Morgan fingerprint density at radius 3 is 1.93 bits per heavy atom. The van der Waals surface area contributed by atoms with E-state index in [0.29, 0.717) is 0 Å². The van der Waals surface area contributed by atoms with Crippen molar-refractivity contribution >= 4 is 11.7 Å². The minimum absolute atomic E-state index is 0.0602. The van der Waals surface area contributed by atoms with E-state index in [4.69, 9.17) is 5.73 Å². The second-order valence-electron chi connectivity index (χ2n) is 3.96. The van der Waals surface area contributed by atoms with E-state index < -0.39 is 5.91 Å². The van der Waals surface area contributed by atoms with Gasteiger partial charge in [0.1, 0.15) is 0 Å². The van der Waals surface area contributed by atoms with Crippen molar-refractivity contribution in [2.45, 2.75) is 40.2 Å². The van der Waals surface area contributed by atoms with Gasteiger partial charge in [0.25, 0.3) is 0 Å². The number of likely N-dealkylation sites (N-methyl/N-ethyl adjacent to an activating group) is 1. The van der Waals surface area contributed by atoms with Gasteiger partial charge in [-0.05, 0) is 13.1 Å². The van der Waals surface area contributed by atoms with Gasteiger partial charge in [0.2, 0.25) is 5.91 Å². The van der Waals surface area contributed by atoms with Gasteiger partial charge < -0.3 is 5.73 Å². The molecule has 0 aliphatic heterocycles. The van der Waals surface area contributed by atoms with E-state index in [9.17, 15) is 9.59 Å². The minimum Gasteiger partial charge on any atom is -0.370 e. The van der Waals surface area contributed by atoms with Gasteiger partial charge >= 0.3 is 0 Å². The van der Waals surface area contributed by atoms with E-state index in [2.05, 4.69) is 0 Å². The van der Waals surface area contributed by atoms with Crippen molar-refractivity contribution in [2.24, 2.45) is 11.7 Å². The molecule has 15 heavy (non-hydrogen) atoms. The summed E-state index contributed by atoms with van der Waals surface area (Å²) in [5.74, 6) is -0.381. The molecule has 0 rings (SSSR count). The molecule has 4 nitrogen and oxygen atoms in total. The molecular formula is C11H22N2O2. The van der Waals surface area contributed by atoms with Gasteiger partial charge in [-0.15, -0.1) is 0 Å². The summed E-state index contributed by atoms with van der Waals surface area (Å²) in [5, 5.41) is 0. The first-order chi connectivity index (χ1) is 6.93. The van der Waals surface area contributed by atoms with Crippen molar-refractivity contribution < 1.29 is 9.59 Å². The molecule has 2 N–H and O–H groups in total. The lowest BCUT2D eigenvalue weighted by Crippen LogP contribution is -2.45. The van der Waals surface area contributed by atoms with Gasteiger partial charge in [-0.1, -0.05) is 27.7 Å². The number of hydrogen-bond acceptors (Lipinski definition) is 3. The number of nitrogens with two attached hydrogens (primary N) is 1. The third kappa shape index (κ3) is 4.42. The van der Waals surface area contributed by atoms with Crippen molar-refractivity contribution in [2.75, 3.05) is 13.1 Å². The first kappa shape index (κ1) is 14.1. The van der Waals surface area contributed by atoms with Crippen LogP contribution in [-0.2, 0) is 9.59 Å². The normalized spacial score (nSPS) is 13.2. The number of hydrogen-bond donors (Lipinski definition) is 1. The van der Waals surface area contributed by atoms with Crippen LogP contribution in [0.2, 0.25) is 0 Å². The molecule has 0 aliphatic carbocycles. The quantitative estimate of drug-likeness (QED) is 0.681. The zero-order valence-corrected chi connectivity index (χ0v) is 10.1. The van der Waals surface area contributed by atoms with Gasteiger partial charge in [0.05, 0.1) is 6.04 Å². The number of Topliss-reactive ketones (excluding diaryl/α,β-unsaturated/α-hetero) is 1. The van der Waals surface area contributed by atoms with E-state index >= 15 is 0 Å². The van der Waals surface area contributed by atoms with Gasteiger partial charge in [0, 0.05) is 12.3 Å². The highest BCUT2D eigenvalue weighted by molar-refractivity contribution is 5.90. The maximum absolute atomic E-state index is 11.9. The maximum Gasteiger partial charge on any atom is 0.219 e. The number of carbonyl (C=O) groups is 2. The molecule has 0 aromatic carbocycles. The third-order valence-electron chi connectivity index (χ3n) is 2.55. The molecule has 0 aromatic heterocycles. The van der Waals surface area contributed by atoms with E-state index in [0.717, 1.165) is 13.1 Å². The zero-order valence-electron chi connectivity index (χ0n) is 10.1. The maximum atomic E-state index is 11.9. The van der Waals surface area contributed by atoms with Crippen LogP contribution in [0.4, 0.5) is 0 Å². The number of carbonyl (C=O) groups excluding carboxylic acids is 2. The summed E-state index contributed by atoms with van der Waals surface area (Å²) in [7, 11) is 0. The summed E-state index contributed by atoms with van der Waals surface area (Å²) in [5.41, 5.74) is 5.16. The largest absolute Gasteiger partial charge is 0.370 e. The standard InChI is InChI=1S/C11H22N2O2/c1-5-13(6-2)9(7-10(12)14)11(15)8(3)4/h8-9H,5-7H2,1-4H3,(H2,12,14)/t9-/m1/s1. The minimum atomic E-state index is -0.416. The molecule has 0 saturated heterocycles. The van der Waals surface area contributed by atoms with Crippen LogP contribution >= 0.6 is 0 Å². The third-order valence-corrected chi connectivity index (χ3v) is 2.55. The predicted octanol–water partition coefficient (Wildman–Crippen LogP) is 0.797. The van der Waals surface area contributed by atoms with Crippen LogP contribution < -0.4 is 5.73 Å². The van der Waals surface area contributed by atoms with Crippen LogP contribution in [0.1, 0.15) is 34.1 Å². The summed E-state index contributed by atoms with van der Waals surface area (Å²) in [6.45, 7) is 9.16. The Kier molecular flexibility index (Phi) is 6.17. The molecule has 0 aliphatic rings. The molecule has 0 unspecified atom stereocenters. The number of rotatable bonds is 7. The Morgan fingerprint density at radius 1 is 1.20 bits per heavy atom. The molecule has 0 spiro atoms. The van der Waals surface area contributed by atoms with E-state index in [1.54, 1.807) is 0 Å². The number of ketones is 1. The summed E-state index contributed by atoms with van der Waals surface area (Å²) in [6.07, 6.45) is 0.124. The van der Waals surface area contributed by atoms with Crippen LogP contribution in [0.25, 0.3) is 0 Å². The van der Waals surface area contributed by atoms with Gasteiger partial charge in [-0.3, -0.25) is 14.5 Å². The highest BCUT2D eigenvalue weighted by Gasteiger charge is 2.27. The SMILES string of the molecule is CCN(CC)[C@H](CC(N)=O)C(=O)C(C)C. The summed E-state index contributed by atoms with van der Waals surface area (Å²) in [6, 6.07) is -0.350. The smallest absolute Gasteiger partial charge is 0.219 e. The topological polar surface area (TPSA) is 63.4 Å². The molecule has 1 atom stereocenters. The molecule has 88 valence electrons. The van der Waals surface area contributed by atoms with Crippen molar-refractivity contribution in [1.29, 1.82) is 0 Å². The van der Waals surface area contributed by atoms with Gasteiger partial charge in [-0.2, -0.15) is 0 Å². The second-order valence-corrected chi connectivity index (χ2v) is 3.96. The summed E-state index contributed by atoms with van der Waals surface area (Å²) >= 11 is 0. The van der Waals surface area contributed by atoms with Crippen LogP contribution in [0.3, 0.4) is 0 Å². The molecule has 0 aromatic rings. The van der Waals surface area contributed by atoms with Crippen LogP contribution in [0, 0.1) is 5.92 Å². The van der Waals surface area contributed by atoms with E-state index in [1.165, 1.54) is 0 Å². The summed E-state index contributed by atoms with van der Waals surface area (Å²) in [4.78, 5) is 24.8. The Bertz CT molecular complexity index is 223. The zero-order chi connectivity index (χ0) is 12.0. The lowest BCUT2D eigenvalue weighted by Gasteiger charge is -2.28. The average Bonchev–Trinajstić information content (AvgIpc) is 2.16. The monoisotopic (exact) mass is 214 g/mol. The fourth-order valence-electron chi connectivity index (χ4n) is 1.65. The Hall–Kier alpha value is -0.900. The molecule has 0 radical (unpaired) electrons. The van der Waals surface area contributed by atoms with Crippen LogP contribution in [-0.4, -0.2) is 35.7 Å². The van der Waals surface area contributed by atoms with Gasteiger partial charge in [-0.25, -0.2) is 0 Å². The summed E-state index contributed by atoms with van der Waals surface area (Å²) < 4.78 is 0. The van der Waals surface area contributed by atoms with Crippen molar-refractivity contribution in [3.63, 3.8) is 0 Å². The molecular weight excluding hydrogens is 192 g/mol. The number of nitrogens with zero attached hydrogens (tertiary/aromatic N) is 1. The Morgan fingerprint density at radius 2 is 1.67 bits per heavy atom. The first-order valence-electron chi connectivity index (χ1n) is 5.50. The molecule has 0 saturated carbocycles. The predicted molar refractivity (Wildman–Crippen MR) is 60.4 cm³/mol. The van der Waals surface area contributed by atoms with Gasteiger partial charge in [0.15, 0.2) is 5.78 Å². The number of primary amides is 1. The van der Waals surface area contributed by atoms with Crippen LogP contribution in [0.15, 0.2) is 0 Å². The molecule has 0 bridgehead atoms. The molecule has 0 fully saturated rings. The van der Waals surface area contributed by atoms with Crippen molar-refractivity contribution in [3.05, 3.63) is 0 Å². The average molecular weight is 214 g/mol. The number of amides is 1. The molecule has 0 heterocycles. The Balaban J connectivity index is 4.70. The van der Waals surface area contributed by atoms with Crippen molar-refractivity contribution in [3.8, 4) is 0 Å². The fourth-order valence-corrected chi connectivity index (χ4v) is 1.65. The lowest BCUT2D eigenvalue weighted by molar-refractivity contribution is -0.131. The second kappa shape index (κ2) is 6.56. The molecule has 1 amide bonds. The van der Waals surface area contributed by atoms with Crippen molar-refractivity contribution in [1.82, 2.24) is 4.90 Å². The van der Waals surface area contributed by atoms with E-state index in [-0.39, 0.29) is 24.2 Å². The fraction of sp³-hybridized carbons (Fsp3) is 0.818. The van der Waals surface area contributed by atoms with E-state index in [1.807, 2.05) is 32.6 Å². The first-order valence-corrected chi connectivity index (χ1v) is 5.50. The highest BCUT2D eigenvalue weighted by Crippen LogP contribution is 2.10. The highest BCUT2D eigenvalue weighted by atomic mass is 16.1. The lowest BCUT2D eigenvalue weighted by atomic mass is 9.97. The molecule has 4 heteroatoms. The van der Waals surface area contributed by atoms with Crippen LogP contribution in [0.5, 0.6) is 0 Å².